The summed E-state index contributed by atoms with van der Waals surface area (Å²) in [6.07, 6.45) is 3.23. The Balaban J connectivity index is 1.53. The SMILES string of the molecule is NC(=O)C(Cc1cc2ccccc2[nH]1)[C@H]1CCC[C@@](O)(C#Cc2cccc(Cl)c2)C1. The highest BCUT2D eigenvalue weighted by Gasteiger charge is 2.38. The molecule has 4 nitrogen and oxygen atoms in total. The van der Waals surface area contributed by atoms with Crippen LogP contribution in [0.4, 0.5) is 0 Å². The van der Waals surface area contributed by atoms with Crippen molar-refractivity contribution in [2.45, 2.75) is 37.7 Å². The fraction of sp³-hybridized carbons (Fsp3) is 0.320. The molecule has 0 saturated heterocycles. The van der Waals surface area contributed by atoms with Gasteiger partial charge >= 0.3 is 0 Å². The van der Waals surface area contributed by atoms with E-state index in [1.54, 1.807) is 12.1 Å². The Labute approximate surface area is 181 Å². The maximum atomic E-state index is 12.3. The molecule has 3 aromatic rings. The molecule has 0 radical (unpaired) electrons. The number of amides is 1. The van der Waals surface area contributed by atoms with Gasteiger partial charge in [0.1, 0.15) is 5.60 Å². The average Bonchev–Trinajstić information content (AvgIpc) is 3.13. The highest BCUT2D eigenvalue weighted by molar-refractivity contribution is 6.30. The van der Waals surface area contributed by atoms with Gasteiger partial charge in [0.05, 0.1) is 0 Å². The number of fused-ring (bicyclic) bond motifs is 1. The molecule has 1 amide bonds. The van der Waals surface area contributed by atoms with Gasteiger partial charge in [-0.3, -0.25) is 4.79 Å². The smallest absolute Gasteiger partial charge is 0.221 e. The number of aromatic nitrogens is 1. The molecule has 1 aliphatic carbocycles. The molecule has 1 fully saturated rings. The van der Waals surface area contributed by atoms with Crippen LogP contribution in [-0.4, -0.2) is 21.6 Å². The van der Waals surface area contributed by atoms with Crippen LogP contribution in [0.5, 0.6) is 0 Å². The van der Waals surface area contributed by atoms with E-state index in [2.05, 4.69) is 22.9 Å². The van der Waals surface area contributed by atoms with Crippen molar-refractivity contribution in [2.75, 3.05) is 0 Å². The number of para-hydroxylation sites is 1. The lowest BCUT2D eigenvalue weighted by Gasteiger charge is -2.36. The number of hydrogen-bond acceptors (Lipinski definition) is 2. The number of hydrogen-bond donors (Lipinski definition) is 3. The minimum absolute atomic E-state index is 0.0127. The Kier molecular flexibility index (Phi) is 5.85. The summed E-state index contributed by atoms with van der Waals surface area (Å²) in [5.41, 5.74) is 7.47. The van der Waals surface area contributed by atoms with Gasteiger partial charge < -0.3 is 15.8 Å². The number of benzene rings is 2. The van der Waals surface area contributed by atoms with Gasteiger partial charge in [0, 0.05) is 27.7 Å². The normalized spacial score (nSPS) is 22.3. The van der Waals surface area contributed by atoms with E-state index < -0.39 is 5.60 Å². The van der Waals surface area contributed by atoms with E-state index in [0.717, 1.165) is 35.0 Å². The van der Waals surface area contributed by atoms with Gasteiger partial charge in [0.25, 0.3) is 0 Å². The summed E-state index contributed by atoms with van der Waals surface area (Å²) >= 11 is 6.02. The molecule has 1 heterocycles. The zero-order valence-electron chi connectivity index (χ0n) is 16.7. The van der Waals surface area contributed by atoms with Gasteiger partial charge in [-0.1, -0.05) is 47.7 Å². The molecular weight excluding hydrogens is 396 g/mol. The standard InChI is InChI=1S/C25H25ClN2O2/c26-20-8-3-5-17(13-20)10-12-25(30)11-4-7-19(16-25)22(24(27)29)15-21-14-18-6-1-2-9-23(18)28-21/h1-3,5-6,8-9,13-14,19,22,28,30H,4,7,11,15-16H2,(H2,27,29)/t19-,22?,25+/m0/s1. The predicted octanol–water partition coefficient (Wildman–Crippen LogP) is 4.44. The first-order valence-electron chi connectivity index (χ1n) is 10.3. The van der Waals surface area contributed by atoms with E-state index in [1.165, 1.54) is 0 Å². The Bertz CT molecular complexity index is 1090. The number of nitrogens with two attached hydrogens (primary N) is 1. The number of H-pyrrole nitrogens is 1. The van der Waals surface area contributed by atoms with Crippen molar-refractivity contribution in [1.82, 2.24) is 4.98 Å². The molecule has 3 atom stereocenters. The van der Waals surface area contributed by atoms with E-state index in [9.17, 15) is 9.90 Å². The van der Waals surface area contributed by atoms with Crippen LogP contribution >= 0.6 is 11.6 Å². The van der Waals surface area contributed by atoms with Crippen LogP contribution in [0.1, 0.15) is 36.9 Å². The zero-order valence-corrected chi connectivity index (χ0v) is 17.5. The van der Waals surface area contributed by atoms with E-state index in [1.807, 2.05) is 36.4 Å². The number of aliphatic hydroxyl groups is 1. The highest BCUT2D eigenvalue weighted by atomic mass is 35.5. The average molecular weight is 421 g/mol. The van der Waals surface area contributed by atoms with Gasteiger partial charge in [-0.2, -0.15) is 0 Å². The number of nitrogens with one attached hydrogen (secondary N) is 1. The largest absolute Gasteiger partial charge is 0.378 e. The first-order valence-corrected chi connectivity index (χ1v) is 10.7. The molecule has 1 unspecified atom stereocenters. The highest BCUT2D eigenvalue weighted by Crippen LogP contribution is 2.37. The lowest BCUT2D eigenvalue weighted by molar-refractivity contribution is -0.124. The van der Waals surface area contributed by atoms with Crippen LogP contribution in [0.15, 0.2) is 54.6 Å². The minimum Gasteiger partial charge on any atom is -0.378 e. The Morgan fingerprint density at radius 1 is 1.27 bits per heavy atom. The van der Waals surface area contributed by atoms with Crippen molar-refractivity contribution in [3.8, 4) is 11.8 Å². The van der Waals surface area contributed by atoms with Crippen LogP contribution in [0.25, 0.3) is 10.9 Å². The molecule has 154 valence electrons. The number of carbonyl (C=O) groups excluding carboxylic acids is 1. The number of carbonyl (C=O) groups is 1. The molecule has 0 bridgehead atoms. The van der Waals surface area contributed by atoms with Crippen LogP contribution in [0.2, 0.25) is 5.02 Å². The van der Waals surface area contributed by atoms with Gasteiger partial charge in [-0.25, -0.2) is 0 Å². The van der Waals surface area contributed by atoms with Crippen molar-refractivity contribution >= 4 is 28.4 Å². The maximum absolute atomic E-state index is 12.3. The van der Waals surface area contributed by atoms with Crippen LogP contribution in [0, 0.1) is 23.7 Å². The van der Waals surface area contributed by atoms with E-state index in [4.69, 9.17) is 17.3 Å². The van der Waals surface area contributed by atoms with Crippen molar-refractivity contribution in [3.63, 3.8) is 0 Å². The molecule has 0 aliphatic heterocycles. The molecule has 1 aromatic heterocycles. The summed E-state index contributed by atoms with van der Waals surface area (Å²) in [5, 5.41) is 12.8. The number of aromatic amines is 1. The van der Waals surface area contributed by atoms with Crippen molar-refractivity contribution < 1.29 is 9.90 Å². The minimum atomic E-state index is -1.13. The van der Waals surface area contributed by atoms with E-state index in [0.29, 0.717) is 24.3 Å². The Morgan fingerprint density at radius 3 is 2.87 bits per heavy atom. The van der Waals surface area contributed by atoms with Crippen molar-refractivity contribution in [2.24, 2.45) is 17.6 Å². The lowest BCUT2D eigenvalue weighted by Crippen LogP contribution is -2.41. The molecule has 1 aliphatic rings. The van der Waals surface area contributed by atoms with Crippen molar-refractivity contribution in [1.29, 1.82) is 0 Å². The molecule has 1 saturated carbocycles. The molecule has 5 heteroatoms. The third kappa shape index (κ3) is 4.70. The predicted molar refractivity (Wildman–Crippen MR) is 120 cm³/mol. The summed E-state index contributed by atoms with van der Waals surface area (Å²) < 4.78 is 0. The van der Waals surface area contributed by atoms with E-state index in [-0.39, 0.29) is 17.7 Å². The summed E-state index contributed by atoms with van der Waals surface area (Å²) in [6.45, 7) is 0. The summed E-state index contributed by atoms with van der Waals surface area (Å²) in [7, 11) is 0. The summed E-state index contributed by atoms with van der Waals surface area (Å²) in [4.78, 5) is 15.7. The number of rotatable bonds is 4. The topological polar surface area (TPSA) is 79.1 Å². The Morgan fingerprint density at radius 2 is 2.10 bits per heavy atom. The van der Waals surface area contributed by atoms with Crippen LogP contribution in [0.3, 0.4) is 0 Å². The molecule has 30 heavy (non-hydrogen) atoms. The van der Waals surface area contributed by atoms with Crippen LogP contribution < -0.4 is 5.73 Å². The molecule has 4 rings (SSSR count). The number of halogens is 1. The second kappa shape index (κ2) is 8.55. The van der Waals surface area contributed by atoms with E-state index >= 15 is 0 Å². The second-order valence-corrected chi connectivity index (χ2v) is 8.68. The van der Waals surface area contributed by atoms with Gasteiger partial charge in [-0.15, -0.1) is 0 Å². The monoisotopic (exact) mass is 420 g/mol. The van der Waals surface area contributed by atoms with Crippen LogP contribution in [-0.2, 0) is 11.2 Å². The third-order valence-electron chi connectivity index (χ3n) is 5.99. The summed E-state index contributed by atoms with van der Waals surface area (Å²) in [6, 6.07) is 17.4. The Hall–Kier alpha value is -2.74. The number of primary amides is 1. The molecule has 4 N–H and O–H groups in total. The van der Waals surface area contributed by atoms with Gasteiger partial charge in [-0.05, 0) is 73.7 Å². The first-order chi connectivity index (χ1) is 14.4. The fourth-order valence-corrected chi connectivity index (χ4v) is 4.68. The molecule has 2 aromatic carbocycles. The molecular formula is C25H25ClN2O2. The first kappa shape index (κ1) is 20.5. The maximum Gasteiger partial charge on any atom is 0.221 e. The lowest BCUT2D eigenvalue weighted by atomic mass is 9.71. The third-order valence-corrected chi connectivity index (χ3v) is 6.22. The van der Waals surface area contributed by atoms with Gasteiger partial charge in [0.2, 0.25) is 5.91 Å². The zero-order chi connectivity index (χ0) is 21.1. The second-order valence-electron chi connectivity index (χ2n) is 8.24. The van der Waals surface area contributed by atoms with Gasteiger partial charge in [0.15, 0.2) is 0 Å². The quantitative estimate of drug-likeness (QED) is 0.545. The fourth-order valence-electron chi connectivity index (χ4n) is 4.49. The molecule has 0 spiro atoms. The summed E-state index contributed by atoms with van der Waals surface area (Å²) in [5.74, 6) is 5.39. The van der Waals surface area contributed by atoms with Crippen molar-refractivity contribution in [3.05, 3.63) is 70.9 Å².